The van der Waals surface area contributed by atoms with E-state index in [9.17, 15) is 4.79 Å². The number of anilines is 1. The smallest absolute Gasteiger partial charge is 0.335 e. The van der Waals surface area contributed by atoms with E-state index in [0.29, 0.717) is 17.2 Å². The number of nitrogen functional groups attached to an aromatic ring is 1. The fourth-order valence-corrected chi connectivity index (χ4v) is 2.12. The summed E-state index contributed by atoms with van der Waals surface area (Å²) in [5, 5.41) is 8.87. The molecule has 0 aliphatic heterocycles. The Morgan fingerprint density at radius 1 is 1.21 bits per heavy atom. The van der Waals surface area contributed by atoms with Crippen molar-refractivity contribution in [3.05, 3.63) is 48.0 Å². The molecule has 19 heavy (non-hydrogen) atoms. The van der Waals surface area contributed by atoms with Crippen LogP contribution in [0.25, 0.3) is 0 Å². The highest BCUT2D eigenvalue weighted by Gasteiger charge is 2.09. The van der Waals surface area contributed by atoms with Crippen LogP contribution < -0.4 is 10.5 Å². The first-order valence-electron chi connectivity index (χ1n) is 5.55. The lowest BCUT2D eigenvalue weighted by Crippen LogP contribution is -1.99. The van der Waals surface area contributed by atoms with Crippen molar-refractivity contribution < 1.29 is 14.6 Å². The second-order valence-electron chi connectivity index (χ2n) is 3.81. The van der Waals surface area contributed by atoms with Crippen molar-refractivity contribution >= 4 is 23.4 Å². The summed E-state index contributed by atoms with van der Waals surface area (Å²) < 4.78 is 5.73. The third kappa shape index (κ3) is 3.00. The van der Waals surface area contributed by atoms with Gasteiger partial charge in [0.05, 0.1) is 11.3 Å². The normalized spacial score (nSPS) is 10.2. The number of carboxylic acid groups (broad SMARTS) is 1. The zero-order chi connectivity index (χ0) is 13.8. The van der Waals surface area contributed by atoms with E-state index in [1.807, 2.05) is 30.5 Å². The van der Waals surface area contributed by atoms with E-state index < -0.39 is 5.97 Å². The second-order valence-corrected chi connectivity index (χ2v) is 4.66. The lowest BCUT2D eigenvalue weighted by molar-refractivity contribution is 0.0697. The minimum Gasteiger partial charge on any atom is -0.478 e. The summed E-state index contributed by atoms with van der Waals surface area (Å²) in [6, 6.07) is 12.0. The highest BCUT2D eigenvalue weighted by Crippen LogP contribution is 2.34. The molecular weight excluding hydrogens is 262 g/mol. The predicted molar refractivity (Wildman–Crippen MR) is 76.1 cm³/mol. The zero-order valence-electron chi connectivity index (χ0n) is 10.3. The standard InChI is InChI=1S/C14H13NO3S/c1-19-13-5-3-2-4-12(13)18-11-7-6-9(14(16)17)8-10(11)15/h2-8H,15H2,1H3,(H,16,17). The minimum absolute atomic E-state index is 0.142. The van der Waals surface area contributed by atoms with Crippen LogP contribution in [0.5, 0.6) is 11.5 Å². The van der Waals surface area contributed by atoms with Gasteiger partial charge >= 0.3 is 5.97 Å². The molecule has 0 spiro atoms. The summed E-state index contributed by atoms with van der Waals surface area (Å²) >= 11 is 1.57. The van der Waals surface area contributed by atoms with E-state index in [1.165, 1.54) is 12.1 Å². The van der Waals surface area contributed by atoms with Crippen LogP contribution >= 0.6 is 11.8 Å². The fourth-order valence-electron chi connectivity index (χ4n) is 1.60. The van der Waals surface area contributed by atoms with Gasteiger partial charge in [-0.05, 0) is 36.6 Å². The molecule has 0 heterocycles. The summed E-state index contributed by atoms with van der Waals surface area (Å²) in [5.74, 6) is 0.138. The van der Waals surface area contributed by atoms with Gasteiger partial charge < -0.3 is 15.6 Å². The van der Waals surface area contributed by atoms with Crippen LogP contribution in [0.2, 0.25) is 0 Å². The Morgan fingerprint density at radius 3 is 2.58 bits per heavy atom. The minimum atomic E-state index is -1.01. The summed E-state index contributed by atoms with van der Waals surface area (Å²) in [5.41, 5.74) is 6.25. The van der Waals surface area contributed by atoms with Crippen molar-refractivity contribution in [1.82, 2.24) is 0 Å². The first-order chi connectivity index (χ1) is 9.11. The molecule has 2 aromatic carbocycles. The van der Waals surface area contributed by atoms with Crippen molar-refractivity contribution in [1.29, 1.82) is 0 Å². The van der Waals surface area contributed by atoms with Crippen LogP contribution in [0.1, 0.15) is 10.4 Å². The van der Waals surface area contributed by atoms with Crippen LogP contribution in [-0.2, 0) is 0 Å². The first kappa shape index (κ1) is 13.3. The van der Waals surface area contributed by atoms with E-state index in [4.69, 9.17) is 15.6 Å². The Morgan fingerprint density at radius 2 is 1.95 bits per heavy atom. The number of hydrogen-bond donors (Lipinski definition) is 2. The van der Waals surface area contributed by atoms with Gasteiger partial charge in [0.2, 0.25) is 0 Å². The number of thioether (sulfide) groups is 1. The molecule has 0 aromatic heterocycles. The van der Waals surface area contributed by atoms with E-state index in [1.54, 1.807) is 17.8 Å². The molecule has 0 atom stereocenters. The molecule has 2 rings (SSSR count). The summed E-state index contributed by atoms with van der Waals surface area (Å²) in [7, 11) is 0. The third-order valence-electron chi connectivity index (χ3n) is 2.55. The average Bonchev–Trinajstić information content (AvgIpc) is 2.41. The molecule has 0 unspecified atom stereocenters. The van der Waals surface area contributed by atoms with Crippen molar-refractivity contribution in [2.24, 2.45) is 0 Å². The average molecular weight is 275 g/mol. The van der Waals surface area contributed by atoms with Gasteiger partial charge in [0, 0.05) is 4.90 Å². The Hall–Kier alpha value is -2.14. The van der Waals surface area contributed by atoms with Crippen molar-refractivity contribution in [3.8, 4) is 11.5 Å². The maximum Gasteiger partial charge on any atom is 0.335 e. The molecule has 5 heteroatoms. The van der Waals surface area contributed by atoms with Crippen molar-refractivity contribution in [2.75, 3.05) is 12.0 Å². The van der Waals surface area contributed by atoms with Gasteiger partial charge in [-0.25, -0.2) is 4.79 Å². The van der Waals surface area contributed by atoms with E-state index in [2.05, 4.69) is 0 Å². The van der Waals surface area contributed by atoms with Gasteiger partial charge in [-0.15, -0.1) is 11.8 Å². The highest BCUT2D eigenvalue weighted by molar-refractivity contribution is 7.98. The maximum absolute atomic E-state index is 10.8. The van der Waals surface area contributed by atoms with Gasteiger partial charge in [-0.1, -0.05) is 12.1 Å². The third-order valence-corrected chi connectivity index (χ3v) is 3.32. The molecule has 0 bridgehead atoms. The van der Waals surface area contributed by atoms with Crippen molar-refractivity contribution in [3.63, 3.8) is 0 Å². The molecule has 0 amide bonds. The Kier molecular flexibility index (Phi) is 3.97. The molecule has 0 saturated carbocycles. The number of benzene rings is 2. The van der Waals surface area contributed by atoms with Gasteiger partial charge in [0.15, 0.2) is 0 Å². The molecule has 0 aliphatic carbocycles. The van der Waals surface area contributed by atoms with Crippen LogP contribution in [0.15, 0.2) is 47.4 Å². The lowest BCUT2D eigenvalue weighted by Gasteiger charge is -2.11. The molecule has 0 radical (unpaired) electrons. The molecule has 0 aliphatic rings. The van der Waals surface area contributed by atoms with Gasteiger partial charge in [0.25, 0.3) is 0 Å². The molecular formula is C14H13NO3S. The molecule has 3 N–H and O–H groups in total. The summed E-state index contributed by atoms with van der Waals surface area (Å²) in [4.78, 5) is 11.8. The Balaban J connectivity index is 2.31. The largest absolute Gasteiger partial charge is 0.478 e. The quantitative estimate of drug-likeness (QED) is 0.660. The number of aromatic carboxylic acids is 1. The lowest BCUT2D eigenvalue weighted by atomic mass is 10.2. The second kappa shape index (κ2) is 5.67. The zero-order valence-corrected chi connectivity index (χ0v) is 11.1. The SMILES string of the molecule is CSc1ccccc1Oc1ccc(C(=O)O)cc1N. The predicted octanol–water partition coefficient (Wildman–Crippen LogP) is 3.48. The van der Waals surface area contributed by atoms with Gasteiger partial charge in [0.1, 0.15) is 11.5 Å². The number of para-hydroxylation sites is 1. The number of ether oxygens (including phenoxy) is 1. The number of nitrogens with two attached hydrogens (primary N) is 1. The molecule has 0 saturated heterocycles. The summed E-state index contributed by atoms with van der Waals surface area (Å²) in [6.07, 6.45) is 1.96. The van der Waals surface area contributed by atoms with Gasteiger partial charge in [-0.3, -0.25) is 0 Å². The van der Waals surface area contributed by atoms with Crippen LogP contribution in [0.3, 0.4) is 0 Å². The number of carboxylic acids is 1. The van der Waals surface area contributed by atoms with E-state index in [0.717, 1.165) is 4.90 Å². The highest BCUT2D eigenvalue weighted by atomic mass is 32.2. The maximum atomic E-state index is 10.8. The fraction of sp³-hybridized carbons (Fsp3) is 0.0714. The molecule has 2 aromatic rings. The van der Waals surface area contributed by atoms with Crippen LogP contribution in [0, 0.1) is 0 Å². The Labute approximate surface area is 115 Å². The topological polar surface area (TPSA) is 72.5 Å². The first-order valence-corrected chi connectivity index (χ1v) is 6.78. The summed E-state index contributed by atoms with van der Waals surface area (Å²) in [6.45, 7) is 0. The number of hydrogen-bond acceptors (Lipinski definition) is 4. The van der Waals surface area contributed by atoms with Crippen LogP contribution in [0.4, 0.5) is 5.69 Å². The van der Waals surface area contributed by atoms with E-state index in [-0.39, 0.29) is 5.56 Å². The monoisotopic (exact) mass is 275 g/mol. The number of carbonyl (C=O) groups is 1. The molecule has 0 fully saturated rings. The molecule has 98 valence electrons. The van der Waals surface area contributed by atoms with Gasteiger partial charge in [-0.2, -0.15) is 0 Å². The van der Waals surface area contributed by atoms with E-state index >= 15 is 0 Å². The number of rotatable bonds is 4. The Bertz CT molecular complexity index is 613. The molecule has 4 nitrogen and oxygen atoms in total. The van der Waals surface area contributed by atoms with Crippen LogP contribution in [-0.4, -0.2) is 17.3 Å². The van der Waals surface area contributed by atoms with Crippen molar-refractivity contribution in [2.45, 2.75) is 4.90 Å².